The van der Waals surface area contributed by atoms with Crippen LogP contribution in [0.4, 0.5) is 4.79 Å². The lowest BCUT2D eigenvalue weighted by Gasteiger charge is -2.18. The molecule has 3 amide bonds. The molecule has 0 saturated carbocycles. The second-order valence-corrected chi connectivity index (χ2v) is 5.72. The minimum Gasteiger partial charge on any atom is -0.344 e. The van der Waals surface area contributed by atoms with Gasteiger partial charge in [-0.05, 0) is 36.8 Å². The van der Waals surface area contributed by atoms with Gasteiger partial charge in [0, 0.05) is 44.3 Å². The first kappa shape index (κ1) is 18.4. The van der Waals surface area contributed by atoms with Crippen molar-refractivity contribution in [2.45, 2.75) is 19.4 Å². The Hall–Kier alpha value is -2.96. The summed E-state index contributed by atoms with van der Waals surface area (Å²) in [6.07, 6.45) is 5.75. The highest BCUT2D eigenvalue weighted by Crippen LogP contribution is 2.09. The van der Waals surface area contributed by atoms with E-state index >= 15 is 0 Å². The Morgan fingerprint density at radius 2 is 1.92 bits per heavy atom. The molecule has 0 spiro atoms. The van der Waals surface area contributed by atoms with Gasteiger partial charge >= 0.3 is 6.03 Å². The van der Waals surface area contributed by atoms with E-state index in [1.165, 1.54) is 0 Å². The highest BCUT2D eigenvalue weighted by Gasteiger charge is 2.13. The molecule has 2 N–H and O–H groups in total. The third-order valence-electron chi connectivity index (χ3n) is 3.81. The van der Waals surface area contributed by atoms with Crippen molar-refractivity contribution in [3.8, 4) is 0 Å². The molecule has 0 aliphatic carbocycles. The fourth-order valence-electron chi connectivity index (χ4n) is 2.23. The molecule has 2 aromatic heterocycles. The van der Waals surface area contributed by atoms with E-state index in [1.54, 1.807) is 30.5 Å². The average Bonchev–Trinajstić information content (AvgIpc) is 2.65. The molecule has 0 aliphatic rings. The second-order valence-electron chi connectivity index (χ2n) is 5.72. The van der Waals surface area contributed by atoms with Gasteiger partial charge in [0.25, 0.3) is 0 Å². The molecule has 2 aromatic rings. The van der Waals surface area contributed by atoms with Crippen LogP contribution in [0.3, 0.4) is 0 Å². The van der Waals surface area contributed by atoms with E-state index in [2.05, 4.69) is 20.6 Å². The largest absolute Gasteiger partial charge is 0.344 e. The second kappa shape index (κ2) is 9.36. The average molecular weight is 341 g/mol. The Labute approximate surface area is 147 Å². The van der Waals surface area contributed by atoms with Crippen molar-refractivity contribution >= 4 is 11.9 Å². The fraction of sp³-hybridized carbons (Fsp3) is 0.333. The van der Waals surface area contributed by atoms with Gasteiger partial charge in [0.1, 0.15) is 0 Å². The van der Waals surface area contributed by atoms with Gasteiger partial charge in [-0.3, -0.25) is 14.8 Å². The predicted molar refractivity (Wildman–Crippen MR) is 94.8 cm³/mol. The predicted octanol–water partition coefficient (Wildman–Crippen LogP) is 1.54. The summed E-state index contributed by atoms with van der Waals surface area (Å²) in [4.78, 5) is 33.7. The lowest BCUT2D eigenvalue weighted by molar-refractivity contribution is -0.128. The summed E-state index contributed by atoms with van der Waals surface area (Å²) in [6.45, 7) is 2.37. The topological polar surface area (TPSA) is 87.2 Å². The fourth-order valence-corrected chi connectivity index (χ4v) is 2.23. The molecule has 2 rings (SSSR count). The first-order chi connectivity index (χ1) is 12.1. The Balaban J connectivity index is 1.70. The number of amides is 3. The summed E-state index contributed by atoms with van der Waals surface area (Å²) in [7, 11) is 1.71. The lowest BCUT2D eigenvalue weighted by Crippen LogP contribution is -2.43. The van der Waals surface area contributed by atoms with Crippen LogP contribution in [0.15, 0.2) is 48.9 Å². The van der Waals surface area contributed by atoms with Crippen LogP contribution in [-0.2, 0) is 11.2 Å². The summed E-state index contributed by atoms with van der Waals surface area (Å²) >= 11 is 0. The first-order valence-corrected chi connectivity index (χ1v) is 8.14. The van der Waals surface area contributed by atoms with Crippen molar-refractivity contribution in [1.82, 2.24) is 25.5 Å². The van der Waals surface area contributed by atoms with Gasteiger partial charge in [0.15, 0.2) is 0 Å². The number of hydrogen-bond acceptors (Lipinski definition) is 4. The number of hydrogen-bond donors (Lipinski definition) is 2. The Morgan fingerprint density at radius 3 is 2.60 bits per heavy atom. The van der Waals surface area contributed by atoms with Crippen LogP contribution in [0.25, 0.3) is 0 Å². The minimum atomic E-state index is -0.379. The lowest BCUT2D eigenvalue weighted by atomic mass is 10.1. The van der Waals surface area contributed by atoms with Gasteiger partial charge in [0.05, 0.1) is 12.6 Å². The molecule has 132 valence electrons. The maximum Gasteiger partial charge on any atom is 0.315 e. The summed E-state index contributed by atoms with van der Waals surface area (Å²) in [5.41, 5.74) is 1.88. The zero-order valence-electron chi connectivity index (χ0n) is 14.5. The number of likely N-dealkylation sites (N-methyl/N-ethyl adjacent to an activating group) is 1. The van der Waals surface area contributed by atoms with E-state index in [0.717, 1.165) is 11.3 Å². The molecular weight excluding hydrogens is 318 g/mol. The summed E-state index contributed by atoms with van der Waals surface area (Å²) in [5, 5.41) is 5.38. The van der Waals surface area contributed by atoms with Crippen LogP contribution in [0, 0.1) is 0 Å². The quantitative estimate of drug-likeness (QED) is 0.800. The van der Waals surface area contributed by atoms with E-state index in [4.69, 9.17) is 0 Å². The molecule has 0 unspecified atom stereocenters. The maximum absolute atomic E-state index is 12.1. The van der Waals surface area contributed by atoms with Gasteiger partial charge in [-0.25, -0.2) is 4.79 Å². The SMILES string of the molecule is C[C@H](NC(=O)NCC(=O)N(C)CCc1ccccn1)c1ccncc1. The van der Waals surface area contributed by atoms with Crippen LogP contribution < -0.4 is 10.6 Å². The van der Waals surface area contributed by atoms with E-state index in [0.29, 0.717) is 13.0 Å². The highest BCUT2D eigenvalue weighted by atomic mass is 16.2. The maximum atomic E-state index is 12.1. The molecule has 7 nitrogen and oxygen atoms in total. The third-order valence-corrected chi connectivity index (χ3v) is 3.81. The number of urea groups is 1. The summed E-state index contributed by atoms with van der Waals surface area (Å²) in [5.74, 6) is -0.150. The summed E-state index contributed by atoms with van der Waals surface area (Å²) < 4.78 is 0. The highest BCUT2D eigenvalue weighted by molar-refractivity contribution is 5.84. The van der Waals surface area contributed by atoms with Crippen LogP contribution in [0.1, 0.15) is 24.2 Å². The number of nitrogens with one attached hydrogen (secondary N) is 2. The molecule has 0 aliphatic heterocycles. The normalized spacial score (nSPS) is 11.4. The number of pyridine rings is 2. The van der Waals surface area contributed by atoms with Gasteiger partial charge in [-0.1, -0.05) is 6.07 Å². The van der Waals surface area contributed by atoms with Crippen molar-refractivity contribution in [2.24, 2.45) is 0 Å². The van der Waals surface area contributed by atoms with E-state index in [-0.39, 0.29) is 24.5 Å². The minimum absolute atomic E-state index is 0.0480. The molecule has 0 fully saturated rings. The number of aromatic nitrogens is 2. The zero-order valence-corrected chi connectivity index (χ0v) is 14.5. The molecule has 7 heteroatoms. The molecule has 2 heterocycles. The van der Waals surface area contributed by atoms with Crippen LogP contribution >= 0.6 is 0 Å². The monoisotopic (exact) mass is 341 g/mol. The third kappa shape index (κ3) is 6.21. The Kier molecular flexibility index (Phi) is 6.88. The van der Waals surface area contributed by atoms with Crippen LogP contribution in [0.2, 0.25) is 0 Å². The molecule has 0 bridgehead atoms. The van der Waals surface area contributed by atoms with Gasteiger partial charge < -0.3 is 15.5 Å². The van der Waals surface area contributed by atoms with Crippen molar-refractivity contribution < 1.29 is 9.59 Å². The van der Waals surface area contributed by atoms with Crippen molar-refractivity contribution in [2.75, 3.05) is 20.1 Å². The first-order valence-electron chi connectivity index (χ1n) is 8.14. The van der Waals surface area contributed by atoms with Crippen molar-refractivity contribution in [1.29, 1.82) is 0 Å². The van der Waals surface area contributed by atoms with E-state index < -0.39 is 0 Å². The molecule has 25 heavy (non-hydrogen) atoms. The van der Waals surface area contributed by atoms with Crippen molar-refractivity contribution in [3.05, 3.63) is 60.2 Å². The smallest absolute Gasteiger partial charge is 0.315 e. The molecule has 1 atom stereocenters. The van der Waals surface area contributed by atoms with Gasteiger partial charge in [-0.15, -0.1) is 0 Å². The van der Waals surface area contributed by atoms with Crippen LogP contribution in [0.5, 0.6) is 0 Å². The standard InChI is InChI=1S/C18H23N5O2/c1-14(15-6-10-19-11-7-15)22-18(25)21-13-17(24)23(2)12-8-16-5-3-4-9-20-16/h3-7,9-11,14H,8,12-13H2,1-2H3,(H2,21,22,25)/t14-/m0/s1. The molecule has 0 aromatic carbocycles. The zero-order chi connectivity index (χ0) is 18.1. The Morgan fingerprint density at radius 1 is 1.16 bits per heavy atom. The molecule has 0 saturated heterocycles. The number of rotatable bonds is 7. The van der Waals surface area contributed by atoms with Gasteiger partial charge in [-0.2, -0.15) is 0 Å². The number of nitrogens with zero attached hydrogens (tertiary/aromatic N) is 3. The van der Waals surface area contributed by atoms with Gasteiger partial charge in [0.2, 0.25) is 5.91 Å². The van der Waals surface area contributed by atoms with Crippen LogP contribution in [-0.4, -0.2) is 46.9 Å². The van der Waals surface area contributed by atoms with E-state index in [9.17, 15) is 9.59 Å². The molecular formula is C18H23N5O2. The van der Waals surface area contributed by atoms with Crippen molar-refractivity contribution in [3.63, 3.8) is 0 Å². The number of carbonyl (C=O) groups is 2. The molecule has 0 radical (unpaired) electrons. The Bertz CT molecular complexity index is 678. The van der Waals surface area contributed by atoms with E-state index in [1.807, 2.05) is 37.3 Å². The number of carbonyl (C=O) groups excluding carboxylic acids is 2. The summed E-state index contributed by atoms with van der Waals surface area (Å²) in [6, 6.07) is 8.82.